The lowest BCUT2D eigenvalue weighted by Gasteiger charge is -2.30. The second kappa shape index (κ2) is 8.70. The summed E-state index contributed by atoms with van der Waals surface area (Å²) in [6.45, 7) is 2.60. The van der Waals surface area contributed by atoms with E-state index in [1.807, 2.05) is 12.1 Å². The third-order valence-electron chi connectivity index (χ3n) is 5.50. The molecule has 0 unspecified atom stereocenters. The highest BCUT2D eigenvalue weighted by Crippen LogP contribution is 2.30. The molecule has 8 nitrogen and oxygen atoms in total. The number of hydrogen-bond acceptors (Lipinski definition) is 7. The molecule has 5 rings (SSSR count). The predicted molar refractivity (Wildman–Crippen MR) is 120 cm³/mol. The molecule has 33 heavy (non-hydrogen) atoms. The van der Waals surface area contributed by atoms with Crippen molar-refractivity contribution in [2.75, 3.05) is 11.9 Å². The number of benzene rings is 1. The van der Waals surface area contributed by atoms with Crippen LogP contribution in [0.25, 0.3) is 11.4 Å². The van der Waals surface area contributed by atoms with Crippen molar-refractivity contribution in [3.63, 3.8) is 0 Å². The highest BCUT2D eigenvalue weighted by molar-refractivity contribution is 5.95. The standard InChI is InChI=1S/C24H20FN7O/c1-15-19(12-27-14-28-15)24(33)32-9-7-21-20(13-32)23(29-18-6-2-5-17(25)10-18)31-22(30-21)16-4-3-8-26-11-16/h2-6,8,10-12,14H,7,9,13H2,1H3,(H,29,30,31). The summed E-state index contributed by atoms with van der Waals surface area (Å²) < 4.78 is 13.8. The van der Waals surface area contributed by atoms with E-state index in [9.17, 15) is 9.18 Å². The second-order valence-electron chi connectivity index (χ2n) is 7.70. The molecule has 0 bridgehead atoms. The number of aryl methyl sites for hydroxylation is 1. The van der Waals surface area contributed by atoms with Crippen molar-refractivity contribution in [1.82, 2.24) is 29.8 Å². The molecule has 4 heterocycles. The summed E-state index contributed by atoms with van der Waals surface area (Å²) >= 11 is 0. The van der Waals surface area contributed by atoms with Crippen molar-refractivity contribution in [2.45, 2.75) is 19.9 Å². The first-order valence-corrected chi connectivity index (χ1v) is 10.5. The fraction of sp³-hybridized carbons (Fsp3) is 0.167. The molecule has 1 aliphatic rings. The Morgan fingerprint density at radius 2 is 2.03 bits per heavy atom. The summed E-state index contributed by atoms with van der Waals surface area (Å²) in [5.74, 6) is 0.550. The molecule has 0 spiro atoms. The zero-order valence-corrected chi connectivity index (χ0v) is 17.9. The number of amides is 1. The van der Waals surface area contributed by atoms with E-state index in [2.05, 4.69) is 20.3 Å². The lowest BCUT2D eigenvalue weighted by molar-refractivity contribution is 0.0732. The van der Waals surface area contributed by atoms with Gasteiger partial charge in [-0.05, 0) is 37.3 Å². The molecule has 0 saturated carbocycles. The van der Waals surface area contributed by atoms with Gasteiger partial charge < -0.3 is 10.2 Å². The smallest absolute Gasteiger partial charge is 0.257 e. The maximum absolute atomic E-state index is 13.8. The van der Waals surface area contributed by atoms with Gasteiger partial charge in [-0.15, -0.1) is 0 Å². The summed E-state index contributed by atoms with van der Waals surface area (Å²) in [5, 5.41) is 3.22. The second-order valence-corrected chi connectivity index (χ2v) is 7.70. The van der Waals surface area contributed by atoms with Gasteiger partial charge in [0.15, 0.2) is 5.82 Å². The van der Waals surface area contributed by atoms with Crippen molar-refractivity contribution in [3.05, 3.63) is 89.6 Å². The molecule has 0 aliphatic carbocycles. The van der Waals surface area contributed by atoms with Gasteiger partial charge in [0, 0.05) is 48.4 Å². The molecular weight excluding hydrogens is 421 g/mol. The van der Waals surface area contributed by atoms with Gasteiger partial charge in [-0.3, -0.25) is 9.78 Å². The van der Waals surface area contributed by atoms with Gasteiger partial charge in [0.25, 0.3) is 5.91 Å². The maximum Gasteiger partial charge on any atom is 0.257 e. The van der Waals surface area contributed by atoms with Crippen LogP contribution in [0.5, 0.6) is 0 Å². The summed E-state index contributed by atoms with van der Waals surface area (Å²) in [6.07, 6.45) is 6.90. The predicted octanol–water partition coefficient (Wildman–Crippen LogP) is 3.72. The van der Waals surface area contributed by atoms with Gasteiger partial charge in [-0.25, -0.2) is 24.3 Å². The van der Waals surface area contributed by atoms with Gasteiger partial charge in [-0.2, -0.15) is 0 Å². The van der Waals surface area contributed by atoms with Crippen LogP contribution in [-0.2, 0) is 13.0 Å². The Hall–Kier alpha value is -4.27. The van der Waals surface area contributed by atoms with E-state index in [0.717, 1.165) is 16.8 Å². The van der Waals surface area contributed by atoms with Crippen LogP contribution in [-0.4, -0.2) is 42.3 Å². The Balaban J connectivity index is 1.54. The van der Waals surface area contributed by atoms with Crippen molar-refractivity contribution < 1.29 is 9.18 Å². The van der Waals surface area contributed by atoms with Crippen LogP contribution in [0.4, 0.5) is 15.9 Å². The normalized spacial score (nSPS) is 12.8. The number of carbonyl (C=O) groups excluding carboxylic acids is 1. The molecule has 164 valence electrons. The van der Waals surface area contributed by atoms with Crippen LogP contribution >= 0.6 is 0 Å². The Labute approximate surface area is 189 Å². The number of anilines is 2. The zero-order chi connectivity index (χ0) is 22.8. The first kappa shape index (κ1) is 20.6. The summed E-state index contributed by atoms with van der Waals surface area (Å²) in [6, 6.07) is 9.88. The first-order chi connectivity index (χ1) is 16.1. The minimum Gasteiger partial charge on any atom is -0.340 e. The van der Waals surface area contributed by atoms with E-state index in [0.29, 0.717) is 48.1 Å². The van der Waals surface area contributed by atoms with E-state index in [4.69, 9.17) is 9.97 Å². The number of pyridine rings is 1. The van der Waals surface area contributed by atoms with E-state index in [1.165, 1.54) is 24.7 Å². The molecule has 1 aromatic carbocycles. The molecule has 0 atom stereocenters. The van der Waals surface area contributed by atoms with Crippen molar-refractivity contribution in [2.24, 2.45) is 0 Å². The highest BCUT2D eigenvalue weighted by Gasteiger charge is 2.27. The molecule has 9 heteroatoms. The van der Waals surface area contributed by atoms with Crippen LogP contribution in [0.3, 0.4) is 0 Å². The van der Waals surface area contributed by atoms with Crippen LogP contribution in [0.2, 0.25) is 0 Å². The van der Waals surface area contributed by atoms with Gasteiger partial charge >= 0.3 is 0 Å². The molecule has 0 radical (unpaired) electrons. The Bertz CT molecular complexity index is 1330. The van der Waals surface area contributed by atoms with E-state index in [1.54, 1.807) is 36.4 Å². The summed E-state index contributed by atoms with van der Waals surface area (Å²) in [5.41, 5.74) is 4.06. The van der Waals surface area contributed by atoms with Crippen LogP contribution in [0.1, 0.15) is 27.3 Å². The number of nitrogens with one attached hydrogen (secondary N) is 1. The molecule has 4 aromatic rings. The topological polar surface area (TPSA) is 96.8 Å². The van der Waals surface area contributed by atoms with E-state index >= 15 is 0 Å². The van der Waals surface area contributed by atoms with Gasteiger partial charge in [0.2, 0.25) is 0 Å². The van der Waals surface area contributed by atoms with E-state index in [-0.39, 0.29) is 11.7 Å². The van der Waals surface area contributed by atoms with Crippen LogP contribution < -0.4 is 5.32 Å². The summed E-state index contributed by atoms with van der Waals surface area (Å²) in [4.78, 5) is 36.7. The Morgan fingerprint density at radius 1 is 1.12 bits per heavy atom. The van der Waals surface area contributed by atoms with Crippen molar-refractivity contribution in [3.8, 4) is 11.4 Å². The van der Waals surface area contributed by atoms with Gasteiger partial charge in [0.05, 0.1) is 23.5 Å². The quantitative estimate of drug-likeness (QED) is 0.516. The number of halogens is 1. The van der Waals surface area contributed by atoms with Gasteiger partial charge in [-0.1, -0.05) is 6.07 Å². The SMILES string of the molecule is Cc1ncncc1C(=O)N1CCc2nc(-c3cccnc3)nc(Nc3cccc(F)c3)c2C1. The summed E-state index contributed by atoms with van der Waals surface area (Å²) in [7, 11) is 0. The largest absolute Gasteiger partial charge is 0.340 e. The third-order valence-corrected chi connectivity index (χ3v) is 5.50. The zero-order valence-electron chi connectivity index (χ0n) is 17.9. The minimum atomic E-state index is -0.355. The number of carbonyl (C=O) groups is 1. The van der Waals surface area contributed by atoms with Crippen molar-refractivity contribution in [1.29, 1.82) is 0 Å². The van der Waals surface area contributed by atoms with Gasteiger partial charge in [0.1, 0.15) is 18.0 Å². The average Bonchev–Trinajstić information content (AvgIpc) is 2.84. The Kier molecular flexibility index (Phi) is 5.43. The first-order valence-electron chi connectivity index (χ1n) is 10.5. The number of nitrogens with zero attached hydrogens (tertiary/aromatic N) is 6. The lowest BCUT2D eigenvalue weighted by atomic mass is 10.0. The monoisotopic (exact) mass is 441 g/mol. The number of rotatable bonds is 4. The maximum atomic E-state index is 13.8. The number of hydrogen-bond donors (Lipinski definition) is 1. The fourth-order valence-electron chi connectivity index (χ4n) is 3.79. The average molecular weight is 441 g/mol. The Morgan fingerprint density at radius 3 is 2.82 bits per heavy atom. The highest BCUT2D eigenvalue weighted by atomic mass is 19.1. The van der Waals surface area contributed by atoms with E-state index < -0.39 is 0 Å². The number of aromatic nitrogens is 5. The molecule has 0 saturated heterocycles. The van der Waals surface area contributed by atoms with Crippen molar-refractivity contribution >= 4 is 17.4 Å². The van der Waals surface area contributed by atoms with Crippen LogP contribution in [0.15, 0.2) is 61.3 Å². The molecule has 1 aliphatic heterocycles. The third kappa shape index (κ3) is 4.25. The fourth-order valence-corrected chi connectivity index (χ4v) is 3.79. The molecular formula is C24H20FN7O. The molecule has 0 fully saturated rings. The van der Waals surface area contributed by atoms with Crippen LogP contribution in [0, 0.1) is 12.7 Å². The molecule has 1 amide bonds. The molecule has 3 aromatic heterocycles. The lowest BCUT2D eigenvalue weighted by Crippen LogP contribution is -2.37. The minimum absolute atomic E-state index is 0.146. The molecule has 1 N–H and O–H groups in total. The number of fused-ring (bicyclic) bond motifs is 1.